The Hall–Kier alpha value is -2.58. The third-order valence-electron chi connectivity index (χ3n) is 4.20. The molecule has 2 atom stereocenters. The Labute approximate surface area is 164 Å². The van der Waals surface area contributed by atoms with Crippen molar-refractivity contribution in [3.63, 3.8) is 0 Å². The Bertz CT molecular complexity index is 976. The second-order valence-corrected chi connectivity index (χ2v) is 7.60. The highest BCUT2D eigenvalue weighted by atomic mass is 35.5. The summed E-state index contributed by atoms with van der Waals surface area (Å²) in [4.78, 5) is 13.0. The van der Waals surface area contributed by atoms with Gasteiger partial charge in [0.05, 0.1) is 6.04 Å². The van der Waals surface area contributed by atoms with Gasteiger partial charge >= 0.3 is 0 Å². The van der Waals surface area contributed by atoms with Gasteiger partial charge in [0.15, 0.2) is 0 Å². The summed E-state index contributed by atoms with van der Waals surface area (Å²) in [5.74, 6) is 0.129. The molecule has 2 heterocycles. The summed E-state index contributed by atoms with van der Waals surface area (Å²) in [6, 6.07) is 12.7. The molecule has 2 aromatic carbocycles. The van der Waals surface area contributed by atoms with Crippen molar-refractivity contribution < 1.29 is 9.18 Å². The molecule has 9 heteroatoms. The van der Waals surface area contributed by atoms with Crippen LogP contribution in [0.25, 0.3) is 0 Å². The van der Waals surface area contributed by atoms with Gasteiger partial charge in [0.1, 0.15) is 16.9 Å². The molecular formula is C18H15ClFN5OS. The fourth-order valence-electron chi connectivity index (χ4n) is 2.83. The van der Waals surface area contributed by atoms with Crippen LogP contribution in [0.5, 0.6) is 0 Å². The van der Waals surface area contributed by atoms with Crippen LogP contribution < -0.4 is 10.7 Å². The minimum atomic E-state index is -0.507. The third kappa shape index (κ3) is 3.63. The van der Waals surface area contributed by atoms with E-state index in [4.69, 9.17) is 11.6 Å². The van der Waals surface area contributed by atoms with E-state index < -0.39 is 5.25 Å². The highest BCUT2D eigenvalue weighted by Crippen LogP contribution is 2.37. The Morgan fingerprint density at radius 1 is 1.19 bits per heavy atom. The van der Waals surface area contributed by atoms with E-state index in [1.165, 1.54) is 36.0 Å². The van der Waals surface area contributed by atoms with E-state index in [1.807, 2.05) is 19.1 Å². The van der Waals surface area contributed by atoms with E-state index in [9.17, 15) is 9.18 Å². The summed E-state index contributed by atoms with van der Waals surface area (Å²) >= 11 is 7.32. The lowest BCUT2D eigenvalue weighted by Crippen LogP contribution is -2.41. The molecular weight excluding hydrogens is 389 g/mol. The number of fused-ring (bicyclic) bond motifs is 1. The van der Waals surface area contributed by atoms with Crippen molar-refractivity contribution >= 4 is 35.0 Å². The fourth-order valence-corrected chi connectivity index (χ4v) is 4.08. The lowest BCUT2D eigenvalue weighted by Gasteiger charge is -2.32. The van der Waals surface area contributed by atoms with Crippen molar-refractivity contribution in [2.24, 2.45) is 0 Å². The second kappa shape index (κ2) is 7.21. The van der Waals surface area contributed by atoms with Gasteiger partial charge in [-0.25, -0.2) is 9.07 Å². The van der Waals surface area contributed by atoms with Crippen LogP contribution in [0.3, 0.4) is 0 Å². The lowest BCUT2D eigenvalue weighted by molar-refractivity contribution is -0.116. The quantitative estimate of drug-likeness (QED) is 0.696. The molecule has 0 saturated carbocycles. The maximum atomic E-state index is 13.1. The van der Waals surface area contributed by atoms with Crippen LogP contribution in [0.15, 0.2) is 53.7 Å². The zero-order valence-electron chi connectivity index (χ0n) is 14.2. The Kier molecular flexibility index (Phi) is 4.75. The van der Waals surface area contributed by atoms with Gasteiger partial charge in [-0.2, -0.15) is 0 Å². The fraction of sp³-hybridized carbons (Fsp3) is 0.167. The number of carbonyl (C=O) groups is 1. The maximum absolute atomic E-state index is 13.1. The summed E-state index contributed by atoms with van der Waals surface area (Å²) in [7, 11) is 0. The van der Waals surface area contributed by atoms with E-state index in [0.717, 1.165) is 5.56 Å². The number of nitrogens with zero attached hydrogens (tertiary/aromatic N) is 3. The number of aryl methyl sites for hydroxylation is 1. The highest BCUT2D eigenvalue weighted by molar-refractivity contribution is 8.00. The van der Waals surface area contributed by atoms with Gasteiger partial charge in [0, 0.05) is 10.7 Å². The van der Waals surface area contributed by atoms with Gasteiger partial charge in [-0.1, -0.05) is 35.5 Å². The first-order valence-electron chi connectivity index (χ1n) is 8.18. The highest BCUT2D eigenvalue weighted by Gasteiger charge is 2.37. The average Bonchev–Trinajstić information content (AvgIpc) is 3.03. The maximum Gasteiger partial charge on any atom is 0.240 e. The lowest BCUT2D eigenvalue weighted by atomic mass is 10.0. The van der Waals surface area contributed by atoms with E-state index >= 15 is 0 Å². The molecule has 0 unspecified atom stereocenters. The molecule has 1 aliphatic heterocycles. The summed E-state index contributed by atoms with van der Waals surface area (Å²) in [5, 5.41) is 11.7. The van der Waals surface area contributed by atoms with Crippen molar-refractivity contribution in [3.8, 4) is 0 Å². The number of carbonyl (C=O) groups excluding carboxylic acids is 1. The molecule has 0 aliphatic carbocycles. The Morgan fingerprint density at radius 3 is 2.59 bits per heavy atom. The second-order valence-electron chi connectivity index (χ2n) is 6.06. The van der Waals surface area contributed by atoms with E-state index in [-0.39, 0.29) is 17.8 Å². The molecule has 0 bridgehead atoms. The first-order chi connectivity index (χ1) is 13.0. The molecule has 4 rings (SSSR count). The van der Waals surface area contributed by atoms with Gasteiger partial charge in [-0.3, -0.25) is 4.79 Å². The van der Waals surface area contributed by atoms with Crippen LogP contribution >= 0.6 is 23.4 Å². The van der Waals surface area contributed by atoms with Crippen molar-refractivity contribution in [1.82, 2.24) is 14.9 Å². The zero-order chi connectivity index (χ0) is 19.0. The molecule has 6 nitrogen and oxygen atoms in total. The number of anilines is 1. The van der Waals surface area contributed by atoms with Crippen LogP contribution in [-0.2, 0) is 4.79 Å². The summed E-state index contributed by atoms with van der Waals surface area (Å²) in [6.45, 7) is 1.84. The van der Waals surface area contributed by atoms with Crippen LogP contribution in [0.2, 0.25) is 5.02 Å². The number of nitrogens with one attached hydrogen (secondary N) is 2. The smallest absolute Gasteiger partial charge is 0.240 e. The van der Waals surface area contributed by atoms with E-state index in [2.05, 4.69) is 20.9 Å². The molecule has 0 saturated heterocycles. The van der Waals surface area contributed by atoms with Crippen molar-refractivity contribution in [3.05, 3.63) is 70.8 Å². The normalized spacial score (nSPS) is 18.5. The number of thioether (sulfide) groups is 1. The van der Waals surface area contributed by atoms with Crippen LogP contribution in [0.1, 0.15) is 17.4 Å². The first-order valence-corrected chi connectivity index (χ1v) is 9.44. The summed E-state index contributed by atoms with van der Waals surface area (Å²) < 4.78 is 14.9. The molecule has 1 aromatic heterocycles. The molecule has 1 aliphatic rings. The molecule has 1 amide bonds. The van der Waals surface area contributed by atoms with Crippen molar-refractivity contribution in [2.45, 2.75) is 23.4 Å². The molecule has 0 radical (unpaired) electrons. The number of hydrogen-bond acceptors (Lipinski definition) is 5. The van der Waals surface area contributed by atoms with Gasteiger partial charge in [0.2, 0.25) is 11.1 Å². The third-order valence-corrected chi connectivity index (χ3v) is 5.66. The standard InChI is InChI=1S/C18H15ClFN5OS/c1-10-22-23-18-25(10)24-15(11-2-4-12(19)5-3-11)16(27-18)17(26)21-14-8-6-13(20)7-9-14/h2-9,15-16,24H,1H3,(H,21,26)/t15-,16-/m0/s1. The molecule has 27 heavy (non-hydrogen) atoms. The summed E-state index contributed by atoms with van der Waals surface area (Å²) in [5.41, 5.74) is 4.75. The predicted octanol–water partition coefficient (Wildman–Crippen LogP) is 3.78. The first kappa shape index (κ1) is 17.8. The number of amides is 1. The largest absolute Gasteiger partial charge is 0.325 e. The van der Waals surface area contributed by atoms with E-state index in [0.29, 0.717) is 21.7 Å². The number of aromatic nitrogens is 3. The number of rotatable bonds is 3. The number of benzene rings is 2. The minimum Gasteiger partial charge on any atom is -0.325 e. The van der Waals surface area contributed by atoms with Crippen LogP contribution in [0.4, 0.5) is 10.1 Å². The number of hydrogen-bond donors (Lipinski definition) is 2. The number of halogens is 2. The Morgan fingerprint density at radius 2 is 1.89 bits per heavy atom. The monoisotopic (exact) mass is 403 g/mol. The van der Waals surface area contributed by atoms with Crippen LogP contribution in [0, 0.1) is 12.7 Å². The van der Waals surface area contributed by atoms with E-state index in [1.54, 1.807) is 16.8 Å². The van der Waals surface area contributed by atoms with Crippen molar-refractivity contribution in [1.29, 1.82) is 0 Å². The molecule has 0 fully saturated rings. The van der Waals surface area contributed by atoms with Gasteiger partial charge < -0.3 is 10.7 Å². The zero-order valence-corrected chi connectivity index (χ0v) is 15.8. The summed E-state index contributed by atoms with van der Waals surface area (Å²) in [6.07, 6.45) is 0. The van der Waals surface area contributed by atoms with Gasteiger partial charge in [-0.15, -0.1) is 10.2 Å². The average molecular weight is 404 g/mol. The van der Waals surface area contributed by atoms with Gasteiger partial charge in [-0.05, 0) is 48.9 Å². The van der Waals surface area contributed by atoms with Gasteiger partial charge in [0.25, 0.3) is 0 Å². The molecule has 0 spiro atoms. The van der Waals surface area contributed by atoms with Crippen molar-refractivity contribution in [2.75, 3.05) is 10.7 Å². The SMILES string of the molecule is Cc1nnc2n1N[C@@H](c1ccc(Cl)cc1)[C@@H](C(=O)Nc1ccc(F)cc1)S2. The minimum absolute atomic E-state index is 0.217. The predicted molar refractivity (Wildman–Crippen MR) is 103 cm³/mol. The molecule has 3 aromatic rings. The topological polar surface area (TPSA) is 71.8 Å². The Balaban J connectivity index is 1.65. The molecule has 138 valence electrons. The van der Waals surface area contributed by atoms with Crippen LogP contribution in [-0.4, -0.2) is 26.0 Å². The molecule has 2 N–H and O–H groups in total.